The van der Waals surface area contributed by atoms with Gasteiger partial charge in [0.05, 0.1) is 17.4 Å². The van der Waals surface area contributed by atoms with E-state index in [4.69, 9.17) is 10.8 Å². The van der Waals surface area contributed by atoms with Crippen LogP contribution in [0.15, 0.2) is 18.3 Å². The Hall–Kier alpha value is -1.95. The first-order valence-electron chi connectivity index (χ1n) is 5.20. The quantitative estimate of drug-likeness (QED) is 0.692. The van der Waals surface area contributed by atoms with E-state index in [0.29, 0.717) is 11.4 Å². The molecule has 1 atom stereocenters. The third-order valence-electron chi connectivity index (χ3n) is 2.27. The molecular weight excluding hydrogens is 222 g/mol. The summed E-state index contributed by atoms with van der Waals surface area (Å²) in [6, 6.07) is 2.58. The molecule has 92 valence electrons. The van der Waals surface area contributed by atoms with Crippen molar-refractivity contribution in [3.63, 3.8) is 0 Å². The SMILES string of the molecule is Cc1ncccc1NC(=O)C(N)CCC(=O)O. The Balaban J connectivity index is 2.54. The van der Waals surface area contributed by atoms with Gasteiger partial charge in [0.2, 0.25) is 5.91 Å². The molecule has 4 N–H and O–H groups in total. The summed E-state index contributed by atoms with van der Waals surface area (Å²) in [5, 5.41) is 11.1. The van der Waals surface area contributed by atoms with Crippen molar-refractivity contribution in [2.75, 3.05) is 5.32 Å². The lowest BCUT2D eigenvalue weighted by Crippen LogP contribution is -2.36. The van der Waals surface area contributed by atoms with Crippen molar-refractivity contribution in [2.45, 2.75) is 25.8 Å². The molecule has 0 aliphatic rings. The zero-order chi connectivity index (χ0) is 12.8. The van der Waals surface area contributed by atoms with Gasteiger partial charge in [0, 0.05) is 12.6 Å². The van der Waals surface area contributed by atoms with Gasteiger partial charge in [-0.2, -0.15) is 0 Å². The van der Waals surface area contributed by atoms with Gasteiger partial charge in [0.15, 0.2) is 0 Å². The zero-order valence-corrected chi connectivity index (χ0v) is 9.51. The van der Waals surface area contributed by atoms with Crippen molar-refractivity contribution < 1.29 is 14.7 Å². The molecule has 17 heavy (non-hydrogen) atoms. The van der Waals surface area contributed by atoms with Gasteiger partial charge < -0.3 is 16.2 Å². The lowest BCUT2D eigenvalue weighted by molar-refractivity contribution is -0.137. The van der Waals surface area contributed by atoms with Gasteiger partial charge in [0.25, 0.3) is 0 Å². The predicted octanol–water partition coefficient (Wildman–Crippen LogP) is 0.521. The van der Waals surface area contributed by atoms with E-state index in [-0.39, 0.29) is 12.8 Å². The highest BCUT2D eigenvalue weighted by molar-refractivity contribution is 5.95. The van der Waals surface area contributed by atoms with Crippen molar-refractivity contribution in [3.8, 4) is 0 Å². The van der Waals surface area contributed by atoms with Crippen molar-refractivity contribution in [3.05, 3.63) is 24.0 Å². The molecule has 1 aromatic rings. The van der Waals surface area contributed by atoms with Gasteiger partial charge in [0.1, 0.15) is 0 Å². The number of pyridine rings is 1. The van der Waals surface area contributed by atoms with E-state index in [0.717, 1.165) is 0 Å². The van der Waals surface area contributed by atoms with E-state index in [1.54, 1.807) is 25.3 Å². The minimum absolute atomic E-state index is 0.112. The summed E-state index contributed by atoms with van der Waals surface area (Å²) in [7, 11) is 0. The van der Waals surface area contributed by atoms with Crippen LogP contribution in [0.2, 0.25) is 0 Å². The van der Waals surface area contributed by atoms with Crippen molar-refractivity contribution in [1.29, 1.82) is 0 Å². The molecule has 1 rings (SSSR count). The smallest absolute Gasteiger partial charge is 0.303 e. The second-order valence-electron chi connectivity index (χ2n) is 3.66. The van der Waals surface area contributed by atoms with E-state index >= 15 is 0 Å². The highest BCUT2D eigenvalue weighted by atomic mass is 16.4. The topological polar surface area (TPSA) is 105 Å². The first-order valence-corrected chi connectivity index (χ1v) is 5.20. The Morgan fingerprint density at radius 2 is 2.29 bits per heavy atom. The molecule has 6 nitrogen and oxygen atoms in total. The molecular formula is C11H15N3O3. The van der Waals surface area contributed by atoms with Gasteiger partial charge in [-0.1, -0.05) is 0 Å². The maximum Gasteiger partial charge on any atom is 0.303 e. The minimum atomic E-state index is -0.967. The third-order valence-corrected chi connectivity index (χ3v) is 2.27. The number of aliphatic carboxylic acids is 1. The van der Waals surface area contributed by atoms with Crippen LogP contribution in [0.4, 0.5) is 5.69 Å². The van der Waals surface area contributed by atoms with Crippen molar-refractivity contribution in [2.24, 2.45) is 5.73 Å². The fourth-order valence-corrected chi connectivity index (χ4v) is 1.25. The fraction of sp³-hybridized carbons (Fsp3) is 0.364. The maximum atomic E-state index is 11.6. The summed E-state index contributed by atoms with van der Waals surface area (Å²) in [6.07, 6.45) is 1.61. The van der Waals surface area contributed by atoms with Crippen LogP contribution in [0.1, 0.15) is 18.5 Å². The highest BCUT2D eigenvalue weighted by Gasteiger charge is 2.15. The first-order chi connectivity index (χ1) is 8.00. The molecule has 1 unspecified atom stereocenters. The summed E-state index contributed by atoms with van der Waals surface area (Å²) < 4.78 is 0. The summed E-state index contributed by atoms with van der Waals surface area (Å²) in [5.41, 5.74) is 6.84. The third kappa shape index (κ3) is 4.20. The van der Waals surface area contributed by atoms with Crippen LogP contribution in [0.5, 0.6) is 0 Å². The zero-order valence-electron chi connectivity index (χ0n) is 9.51. The van der Waals surface area contributed by atoms with E-state index in [9.17, 15) is 9.59 Å². The summed E-state index contributed by atoms with van der Waals surface area (Å²) in [4.78, 5) is 26.0. The summed E-state index contributed by atoms with van der Waals surface area (Å²) in [5.74, 6) is -1.37. The lowest BCUT2D eigenvalue weighted by atomic mass is 10.1. The van der Waals surface area contributed by atoms with Crippen molar-refractivity contribution in [1.82, 2.24) is 4.98 Å². The number of carbonyl (C=O) groups excluding carboxylic acids is 1. The monoisotopic (exact) mass is 237 g/mol. The molecule has 0 spiro atoms. The number of rotatable bonds is 5. The second kappa shape index (κ2) is 5.95. The Bertz CT molecular complexity index is 420. The van der Waals surface area contributed by atoms with Crippen LogP contribution in [-0.4, -0.2) is 28.0 Å². The number of anilines is 1. The van der Waals surface area contributed by atoms with Crippen LogP contribution in [0.3, 0.4) is 0 Å². The normalized spacial score (nSPS) is 11.9. The van der Waals surface area contributed by atoms with E-state index in [1.807, 2.05) is 0 Å². The number of nitrogens with zero attached hydrogens (tertiary/aromatic N) is 1. The summed E-state index contributed by atoms with van der Waals surface area (Å²) >= 11 is 0. The van der Waals surface area contributed by atoms with Gasteiger partial charge in [-0.05, 0) is 25.5 Å². The average molecular weight is 237 g/mol. The number of aromatic nitrogens is 1. The maximum absolute atomic E-state index is 11.6. The van der Waals surface area contributed by atoms with Crippen LogP contribution >= 0.6 is 0 Å². The van der Waals surface area contributed by atoms with Gasteiger partial charge in [-0.15, -0.1) is 0 Å². The van der Waals surface area contributed by atoms with E-state index in [1.165, 1.54) is 0 Å². The van der Waals surface area contributed by atoms with E-state index < -0.39 is 17.9 Å². The molecule has 1 amide bonds. The number of hydrogen-bond donors (Lipinski definition) is 3. The molecule has 1 aromatic heterocycles. The lowest BCUT2D eigenvalue weighted by Gasteiger charge is -2.12. The largest absolute Gasteiger partial charge is 0.481 e. The van der Waals surface area contributed by atoms with Crippen LogP contribution in [-0.2, 0) is 9.59 Å². The van der Waals surface area contributed by atoms with Gasteiger partial charge in [-0.3, -0.25) is 14.6 Å². The standard InChI is InChI=1S/C11H15N3O3/c1-7-9(3-2-6-13-7)14-11(17)8(12)4-5-10(15)16/h2-3,6,8H,4-5,12H2,1H3,(H,14,17)(H,15,16). The number of aryl methyl sites for hydroxylation is 1. The molecule has 0 saturated heterocycles. The Kier molecular flexibility index (Phi) is 4.59. The molecule has 0 aliphatic carbocycles. The molecule has 0 radical (unpaired) electrons. The van der Waals surface area contributed by atoms with Crippen LogP contribution < -0.4 is 11.1 Å². The van der Waals surface area contributed by atoms with Crippen molar-refractivity contribution >= 4 is 17.6 Å². The number of amides is 1. The number of nitrogens with two attached hydrogens (primary N) is 1. The molecule has 0 fully saturated rings. The fourth-order valence-electron chi connectivity index (χ4n) is 1.25. The second-order valence-corrected chi connectivity index (χ2v) is 3.66. The Morgan fingerprint density at radius 1 is 1.59 bits per heavy atom. The van der Waals surface area contributed by atoms with Crippen LogP contribution in [0.25, 0.3) is 0 Å². The van der Waals surface area contributed by atoms with E-state index in [2.05, 4.69) is 10.3 Å². The predicted molar refractivity (Wildman–Crippen MR) is 62.4 cm³/mol. The number of nitrogens with one attached hydrogen (secondary N) is 1. The van der Waals surface area contributed by atoms with Gasteiger partial charge >= 0.3 is 5.97 Å². The van der Waals surface area contributed by atoms with Gasteiger partial charge in [-0.25, -0.2) is 0 Å². The highest BCUT2D eigenvalue weighted by Crippen LogP contribution is 2.11. The number of hydrogen-bond acceptors (Lipinski definition) is 4. The molecule has 0 aromatic carbocycles. The average Bonchev–Trinajstić information content (AvgIpc) is 2.28. The number of carboxylic acid groups (broad SMARTS) is 1. The Morgan fingerprint density at radius 3 is 2.88 bits per heavy atom. The Labute approximate surface area is 98.8 Å². The number of carbonyl (C=O) groups is 2. The summed E-state index contributed by atoms with van der Waals surface area (Å²) in [6.45, 7) is 1.76. The minimum Gasteiger partial charge on any atom is -0.481 e. The molecule has 0 aliphatic heterocycles. The molecule has 0 bridgehead atoms. The van der Waals surface area contributed by atoms with Crippen LogP contribution in [0, 0.1) is 6.92 Å². The molecule has 1 heterocycles. The molecule has 6 heteroatoms. The first kappa shape index (κ1) is 13.1. The molecule has 0 saturated carbocycles. The number of carboxylic acids is 1.